The summed E-state index contributed by atoms with van der Waals surface area (Å²) in [5, 5.41) is 0.543. The van der Waals surface area contributed by atoms with Crippen LogP contribution < -0.4 is 0 Å². The van der Waals surface area contributed by atoms with Gasteiger partial charge in [0.25, 0.3) is 0 Å². The number of rotatable bonds is 3. The topological polar surface area (TPSA) is 3.24 Å². The number of allylic oxidation sites excluding steroid dienone is 4. The first-order valence-corrected chi connectivity index (χ1v) is 4.07. The highest BCUT2D eigenvalue weighted by Gasteiger charge is 1.93. The second kappa shape index (κ2) is 9.95. The minimum absolute atomic E-state index is 0.498. The van der Waals surface area contributed by atoms with Gasteiger partial charge in [-0.2, -0.15) is 0 Å². The summed E-state index contributed by atoms with van der Waals surface area (Å²) in [5.41, 5.74) is 0.498. The van der Waals surface area contributed by atoms with Gasteiger partial charge in [0, 0.05) is 7.05 Å². The molecule has 1 nitrogen and oxygen atoms in total. The third-order valence-corrected chi connectivity index (χ3v) is 0.982. The third-order valence-electron chi connectivity index (χ3n) is 0.982. The van der Waals surface area contributed by atoms with E-state index in [0.29, 0.717) is 10.8 Å². The molecule has 0 heterocycles. The summed E-state index contributed by atoms with van der Waals surface area (Å²) in [4.78, 5) is 0. The predicted octanol–water partition coefficient (Wildman–Crippen LogP) is 3.47. The monoisotopic (exact) mass is 171 g/mol. The number of halogens is 1. The van der Waals surface area contributed by atoms with Crippen molar-refractivity contribution in [2.24, 2.45) is 0 Å². The fourth-order valence-electron chi connectivity index (χ4n) is 0.552. The molecule has 70 valence electrons. The van der Waals surface area contributed by atoms with E-state index in [1.165, 1.54) is 7.05 Å². The molecule has 0 aliphatic heterocycles. The Bertz CT molecular complexity index is 157. The maximum atomic E-state index is 12.4. The summed E-state index contributed by atoms with van der Waals surface area (Å²) in [6, 6.07) is 0. The lowest BCUT2D eigenvalue weighted by molar-refractivity contribution is 0.114. The van der Waals surface area contributed by atoms with Gasteiger partial charge in [0.1, 0.15) is 0 Å². The largest absolute Gasteiger partial charge is 0.215 e. The fourth-order valence-corrected chi connectivity index (χ4v) is 0.552. The van der Waals surface area contributed by atoms with Crippen LogP contribution in [-0.2, 0) is 0 Å². The van der Waals surface area contributed by atoms with E-state index in [1.807, 2.05) is 20.8 Å². The van der Waals surface area contributed by atoms with Gasteiger partial charge in [0.05, 0.1) is 5.70 Å². The van der Waals surface area contributed by atoms with Crippen LogP contribution in [0, 0.1) is 0 Å². The Labute approximate surface area is 74.8 Å². The molecule has 0 aliphatic carbocycles. The molecular weight excluding hydrogens is 153 g/mol. The second-order valence-corrected chi connectivity index (χ2v) is 1.80. The molecule has 0 unspecified atom stereocenters. The molecule has 0 saturated heterocycles. The molecule has 0 amide bonds. The van der Waals surface area contributed by atoms with E-state index in [2.05, 4.69) is 6.58 Å². The van der Waals surface area contributed by atoms with Gasteiger partial charge in [-0.15, -0.1) is 4.48 Å². The minimum Gasteiger partial charge on any atom is -0.215 e. The molecule has 0 N–H and O–H groups in total. The van der Waals surface area contributed by atoms with E-state index in [0.717, 1.165) is 0 Å². The number of hydrogen-bond acceptors (Lipinski definition) is 1. The summed E-state index contributed by atoms with van der Waals surface area (Å²) < 4.78 is 12.4. The summed E-state index contributed by atoms with van der Waals surface area (Å²) in [7, 11) is 1.34. The molecule has 0 aromatic heterocycles. The Morgan fingerprint density at radius 2 is 1.92 bits per heavy atom. The first-order chi connectivity index (χ1) is 5.72. The van der Waals surface area contributed by atoms with Gasteiger partial charge in [-0.25, -0.2) is 5.12 Å². The first kappa shape index (κ1) is 13.5. The average molecular weight is 171 g/mol. The molecular formula is C10H18FN. The Hall–Kier alpha value is -1.05. The molecule has 0 spiro atoms. The highest BCUT2D eigenvalue weighted by molar-refractivity contribution is 5.19. The molecule has 0 saturated carbocycles. The van der Waals surface area contributed by atoms with Crippen molar-refractivity contribution < 1.29 is 4.48 Å². The molecule has 0 aliphatic rings. The zero-order chi connectivity index (χ0) is 9.98. The van der Waals surface area contributed by atoms with Gasteiger partial charge in [-0.05, 0) is 19.1 Å². The van der Waals surface area contributed by atoms with Crippen LogP contribution in [-0.4, -0.2) is 12.2 Å². The van der Waals surface area contributed by atoms with Gasteiger partial charge in [0.2, 0.25) is 0 Å². The molecule has 0 aromatic carbocycles. The Morgan fingerprint density at radius 1 is 1.42 bits per heavy atom. The van der Waals surface area contributed by atoms with E-state index in [-0.39, 0.29) is 0 Å². The lowest BCUT2D eigenvalue weighted by Gasteiger charge is -2.05. The fraction of sp³-hybridized carbons (Fsp3) is 0.400. The van der Waals surface area contributed by atoms with Crippen LogP contribution in [0.5, 0.6) is 0 Å². The summed E-state index contributed by atoms with van der Waals surface area (Å²) in [6.45, 7) is 9.30. The number of likely N-dealkylation sites (N-methyl/N-ethyl adjacent to an activating group) is 1. The zero-order valence-corrected chi connectivity index (χ0v) is 8.34. The zero-order valence-electron chi connectivity index (χ0n) is 8.34. The predicted molar refractivity (Wildman–Crippen MR) is 53.3 cm³/mol. The van der Waals surface area contributed by atoms with E-state index < -0.39 is 0 Å². The molecule has 0 bridgehead atoms. The highest BCUT2D eigenvalue weighted by Crippen LogP contribution is 2.03. The smallest absolute Gasteiger partial charge is 0.0680 e. The van der Waals surface area contributed by atoms with E-state index in [1.54, 1.807) is 24.3 Å². The maximum absolute atomic E-state index is 12.4. The third kappa shape index (κ3) is 7.06. The van der Waals surface area contributed by atoms with Crippen LogP contribution in [0.25, 0.3) is 0 Å². The van der Waals surface area contributed by atoms with Gasteiger partial charge >= 0.3 is 0 Å². The highest BCUT2D eigenvalue weighted by atomic mass is 19.2. The molecule has 0 rings (SSSR count). The molecule has 2 heteroatoms. The van der Waals surface area contributed by atoms with Crippen molar-refractivity contribution in [3.8, 4) is 0 Å². The number of hydrogen-bond donors (Lipinski definition) is 0. The maximum Gasteiger partial charge on any atom is 0.0680 e. The normalized spacial score (nSPS) is 10.6. The molecule has 0 radical (unpaired) electrons. The molecule has 0 aromatic rings. The van der Waals surface area contributed by atoms with Gasteiger partial charge in [-0.1, -0.05) is 32.6 Å². The second-order valence-electron chi connectivity index (χ2n) is 1.80. The quantitative estimate of drug-likeness (QED) is 0.464. The van der Waals surface area contributed by atoms with Crippen molar-refractivity contribution >= 4 is 0 Å². The lowest BCUT2D eigenvalue weighted by Crippen LogP contribution is -2.02. The Kier molecular flexibility index (Phi) is 11.2. The average Bonchev–Trinajstić information content (AvgIpc) is 2.08. The van der Waals surface area contributed by atoms with Gasteiger partial charge in [-0.3, -0.25) is 0 Å². The Balaban J connectivity index is 0. The summed E-state index contributed by atoms with van der Waals surface area (Å²) >= 11 is 0. The van der Waals surface area contributed by atoms with Gasteiger partial charge < -0.3 is 0 Å². The van der Waals surface area contributed by atoms with Crippen LogP contribution in [0.3, 0.4) is 0 Å². The SMILES string of the molecule is C=C/C=C(\C=C/C)N(C)F.CC. The van der Waals surface area contributed by atoms with E-state index in [9.17, 15) is 4.48 Å². The van der Waals surface area contributed by atoms with Crippen LogP contribution in [0.1, 0.15) is 20.8 Å². The van der Waals surface area contributed by atoms with Crippen molar-refractivity contribution in [3.05, 3.63) is 36.6 Å². The summed E-state index contributed by atoms with van der Waals surface area (Å²) in [5.74, 6) is 0. The van der Waals surface area contributed by atoms with E-state index in [4.69, 9.17) is 0 Å². The molecule has 0 atom stereocenters. The van der Waals surface area contributed by atoms with Crippen LogP contribution in [0.4, 0.5) is 4.48 Å². The van der Waals surface area contributed by atoms with Crippen molar-refractivity contribution in [2.45, 2.75) is 20.8 Å². The minimum atomic E-state index is 0.498. The first-order valence-electron chi connectivity index (χ1n) is 4.07. The van der Waals surface area contributed by atoms with Crippen molar-refractivity contribution in [1.29, 1.82) is 0 Å². The summed E-state index contributed by atoms with van der Waals surface area (Å²) in [6.07, 6.45) is 6.58. The van der Waals surface area contributed by atoms with E-state index >= 15 is 0 Å². The number of nitrogens with zero attached hydrogens (tertiary/aromatic N) is 1. The van der Waals surface area contributed by atoms with Crippen molar-refractivity contribution in [1.82, 2.24) is 5.12 Å². The standard InChI is InChI=1S/C8H12FN.C2H6/c1-4-6-8(7-5-2)10(3)9;1-2/h4-7H,1H2,2-3H3;1-2H3/b7-5-,8-6+;. The van der Waals surface area contributed by atoms with Crippen molar-refractivity contribution in [2.75, 3.05) is 7.05 Å². The van der Waals surface area contributed by atoms with Crippen LogP contribution in [0.15, 0.2) is 36.6 Å². The van der Waals surface area contributed by atoms with Crippen LogP contribution in [0.2, 0.25) is 0 Å². The Morgan fingerprint density at radius 3 is 2.17 bits per heavy atom. The van der Waals surface area contributed by atoms with Gasteiger partial charge in [0.15, 0.2) is 0 Å². The van der Waals surface area contributed by atoms with Crippen LogP contribution >= 0.6 is 0 Å². The van der Waals surface area contributed by atoms with Crippen molar-refractivity contribution in [3.63, 3.8) is 0 Å². The lowest BCUT2D eigenvalue weighted by atomic mass is 10.3. The molecule has 0 fully saturated rings. The molecule has 12 heavy (non-hydrogen) atoms.